The molecule has 1 atom stereocenters. The number of rotatable bonds is 6. The topological polar surface area (TPSA) is 43.4 Å². The molecule has 1 heterocycles. The number of carbonyl (C=O) groups excluding carboxylic acids is 2. The van der Waals surface area contributed by atoms with E-state index in [-0.39, 0.29) is 5.78 Å². The van der Waals surface area contributed by atoms with Crippen molar-refractivity contribution in [2.75, 3.05) is 0 Å². The maximum atomic E-state index is 12.6. The van der Waals surface area contributed by atoms with Gasteiger partial charge in [-0.25, -0.2) is 4.79 Å². The van der Waals surface area contributed by atoms with Crippen LogP contribution in [-0.4, -0.2) is 17.9 Å². The lowest BCUT2D eigenvalue weighted by Gasteiger charge is -2.13. The summed E-state index contributed by atoms with van der Waals surface area (Å²) in [6.45, 7) is 5.70. The Morgan fingerprint density at radius 3 is 2.30 bits per heavy atom. The molecule has 0 bridgehead atoms. The number of thiophene rings is 1. The zero-order chi connectivity index (χ0) is 19.4. The number of hydrogen-bond acceptors (Lipinski definition) is 4. The van der Waals surface area contributed by atoms with Gasteiger partial charge in [-0.05, 0) is 42.8 Å². The SMILES string of the molecule is CCc1ccc(C(=O)[C@@H](C)OC(=O)c2sccc2-c2ccc(C)cc2)cc1. The minimum atomic E-state index is -0.835. The van der Waals surface area contributed by atoms with Gasteiger partial charge in [0.05, 0.1) is 0 Å². The summed E-state index contributed by atoms with van der Waals surface area (Å²) in [7, 11) is 0. The van der Waals surface area contributed by atoms with Gasteiger partial charge in [0.15, 0.2) is 6.10 Å². The fourth-order valence-corrected chi connectivity index (χ4v) is 3.63. The van der Waals surface area contributed by atoms with Crippen LogP contribution < -0.4 is 0 Å². The Bertz CT molecular complexity index is 937. The number of ketones is 1. The van der Waals surface area contributed by atoms with Gasteiger partial charge < -0.3 is 4.74 Å². The average molecular weight is 378 g/mol. The first kappa shape index (κ1) is 19.1. The van der Waals surface area contributed by atoms with E-state index in [0.717, 1.165) is 28.7 Å². The fraction of sp³-hybridized carbons (Fsp3) is 0.217. The normalized spacial score (nSPS) is 11.8. The Hall–Kier alpha value is -2.72. The van der Waals surface area contributed by atoms with Crippen LogP contribution in [0.25, 0.3) is 11.1 Å². The van der Waals surface area contributed by atoms with Crippen molar-refractivity contribution in [1.29, 1.82) is 0 Å². The van der Waals surface area contributed by atoms with Crippen molar-refractivity contribution in [3.8, 4) is 11.1 Å². The molecule has 2 aromatic carbocycles. The van der Waals surface area contributed by atoms with Crippen LogP contribution in [0.15, 0.2) is 60.0 Å². The fourth-order valence-electron chi connectivity index (χ4n) is 2.83. The summed E-state index contributed by atoms with van der Waals surface area (Å²) in [6.07, 6.45) is 0.0806. The van der Waals surface area contributed by atoms with E-state index in [2.05, 4.69) is 6.92 Å². The van der Waals surface area contributed by atoms with E-state index in [1.54, 1.807) is 19.1 Å². The molecule has 3 nitrogen and oxygen atoms in total. The van der Waals surface area contributed by atoms with Crippen LogP contribution >= 0.6 is 11.3 Å². The zero-order valence-corrected chi connectivity index (χ0v) is 16.5. The third kappa shape index (κ3) is 4.34. The molecule has 0 N–H and O–H groups in total. The first-order chi connectivity index (χ1) is 13.0. The number of aryl methyl sites for hydroxylation is 2. The summed E-state index contributed by atoms with van der Waals surface area (Å²) in [5, 5.41) is 1.86. The number of esters is 1. The lowest BCUT2D eigenvalue weighted by molar-refractivity contribution is 0.0324. The third-order valence-electron chi connectivity index (χ3n) is 4.51. The van der Waals surface area contributed by atoms with E-state index in [9.17, 15) is 9.59 Å². The van der Waals surface area contributed by atoms with Crippen LogP contribution in [0.3, 0.4) is 0 Å². The van der Waals surface area contributed by atoms with Crippen molar-refractivity contribution in [1.82, 2.24) is 0 Å². The predicted molar refractivity (Wildman–Crippen MR) is 110 cm³/mol. The van der Waals surface area contributed by atoms with E-state index >= 15 is 0 Å². The molecule has 0 saturated heterocycles. The summed E-state index contributed by atoms with van der Waals surface area (Å²) >= 11 is 1.33. The highest BCUT2D eigenvalue weighted by atomic mass is 32.1. The van der Waals surface area contributed by atoms with Gasteiger partial charge in [0.2, 0.25) is 5.78 Å². The van der Waals surface area contributed by atoms with Crippen LogP contribution in [0.2, 0.25) is 0 Å². The number of ether oxygens (including phenoxy) is 1. The van der Waals surface area contributed by atoms with Gasteiger partial charge >= 0.3 is 5.97 Å². The standard InChI is InChI=1S/C23H22O3S/c1-4-17-7-11-19(12-8-17)21(24)16(3)26-23(25)22-20(13-14-27-22)18-9-5-15(2)6-10-18/h5-14,16H,4H2,1-3H3/t16-/m1/s1. The molecule has 3 rings (SSSR count). The molecule has 0 aliphatic rings. The Balaban J connectivity index is 1.74. The van der Waals surface area contributed by atoms with Crippen molar-refractivity contribution in [3.63, 3.8) is 0 Å². The van der Waals surface area contributed by atoms with Crippen molar-refractivity contribution in [3.05, 3.63) is 81.5 Å². The minimum absolute atomic E-state index is 0.195. The second-order valence-corrected chi connectivity index (χ2v) is 7.41. The second kappa shape index (κ2) is 8.31. The van der Waals surface area contributed by atoms with E-state index in [1.165, 1.54) is 11.3 Å². The monoisotopic (exact) mass is 378 g/mol. The molecule has 0 aliphatic heterocycles. The number of hydrogen-bond donors (Lipinski definition) is 0. The van der Waals surface area contributed by atoms with Crippen LogP contribution in [0, 0.1) is 6.92 Å². The highest BCUT2D eigenvalue weighted by Gasteiger charge is 2.23. The summed E-state index contributed by atoms with van der Waals surface area (Å²) in [5.74, 6) is -0.661. The largest absolute Gasteiger partial charge is 0.450 e. The third-order valence-corrected chi connectivity index (χ3v) is 5.41. The molecular weight excluding hydrogens is 356 g/mol. The van der Waals surface area contributed by atoms with Gasteiger partial charge in [0, 0.05) is 11.1 Å². The lowest BCUT2D eigenvalue weighted by Crippen LogP contribution is -2.24. The average Bonchev–Trinajstić information content (AvgIpc) is 3.18. The quantitative estimate of drug-likeness (QED) is 0.407. The smallest absolute Gasteiger partial charge is 0.349 e. The molecule has 0 unspecified atom stereocenters. The molecule has 138 valence electrons. The number of carbonyl (C=O) groups is 2. The molecule has 0 amide bonds. The van der Waals surface area contributed by atoms with Crippen LogP contribution in [-0.2, 0) is 11.2 Å². The van der Waals surface area contributed by atoms with Crippen molar-refractivity contribution in [2.45, 2.75) is 33.3 Å². The van der Waals surface area contributed by atoms with Gasteiger partial charge in [0.1, 0.15) is 4.88 Å². The van der Waals surface area contributed by atoms with Crippen LogP contribution in [0.5, 0.6) is 0 Å². The van der Waals surface area contributed by atoms with Gasteiger partial charge in [-0.3, -0.25) is 4.79 Å². The molecule has 0 radical (unpaired) electrons. The molecule has 3 aromatic rings. The van der Waals surface area contributed by atoms with Crippen LogP contribution in [0.4, 0.5) is 0 Å². The van der Waals surface area contributed by atoms with Crippen LogP contribution in [0.1, 0.15) is 45.0 Å². The highest BCUT2D eigenvalue weighted by Crippen LogP contribution is 2.29. The maximum Gasteiger partial charge on any atom is 0.349 e. The van der Waals surface area contributed by atoms with Gasteiger partial charge in [-0.15, -0.1) is 11.3 Å². The number of Topliss-reactive ketones (excluding diaryl/α,β-unsaturated/α-hetero) is 1. The minimum Gasteiger partial charge on any atom is -0.450 e. The lowest BCUT2D eigenvalue weighted by atomic mass is 10.0. The summed E-state index contributed by atoms with van der Waals surface area (Å²) in [4.78, 5) is 25.7. The van der Waals surface area contributed by atoms with E-state index in [1.807, 2.05) is 54.8 Å². The molecule has 27 heavy (non-hydrogen) atoms. The van der Waals surface area contributed by atoms with E-state index < -0.39 is 12.1 Å². The molecular formula is C23H22O3S. The Kier molecular flexibility index (Phi) is 5.87. The van der Waals surface area contributed by atoms with Gasteiger partial charge in [-0.1, -0.05) is 61.0 Å². The Morgan fingerprint density at radius 1 is 1.00 bits per heavy atom. The van der Waals surface area contributed by atoms with Gasteiger partial charge in [0.25, 0.3) is 0 Å². The maximum absolute atomic E-state index is 12.6. The molecule has 0 aliphatic carbocycles. The van der Waals surface area contributed by atoms with Gasteiger partial charge in [-0.2, -0.15) is 0 Å². The summed E-state index contributed by atoms with van der Waals surface area (Å²) in [6, 6.07) is 17.3. The van der Waals surface area contributed by atoms with Crippen molar-refractivity contribution < 1.29 is 14.3 Å². The first-order valence-corrected chi connectivity index (χ1v) is 9.86. The first-order valence-electron chi connectivity index (χ1n) is 8.98. The molecule has 0 saturated carbocycles. The second-order valence-electron chi connectivity index (χ2n) is 6.49. The Morgan fingerprint density at radius 2 is 1.67 bits per heavy atom. The molecule has 0 fully saturated rings. The summed E-state index contributed by atoms with van der Waals surface area (Å²) in [5.41, 5.74) is 4.67. The van der Waals surface area contributed by atoms with E-state index in [4.69, 9.17) is 4.74 Å². The number of benzene rings is 2. The van der Waals surface area contributed by atoms with Crippen molar-refractivity contribution >= 4 is 23.1 Å². The van der Waals surface area contributed by atoms with E-state index in [0.29, 0.717) is 10.4 Å². The molecule has 1 aromatic heterocycles. The predicted octanol–water partition coefficient (Wildman–Crippen LogP) is 5.71. The Labute approximate surface area is 163 Å². The molecule has 4 heteroatoms. The summed E-state index contributed by atoms with van der Waals surface area (Å²) < 4.78 is 5.48. The molecule has 0 spiro atoms. The van der Waals surface area contributed by atoms with Crippen molar-refractivity contribution in [2.24, 2.45) is 0 Å². The zero-order valence-electron chi connectivity index (χ0n) is 15.7. The highest BCUT2D eigenvalue weighted by molar-refractivity contribution is 7.12.